The van der Waals surface area contributed by atoms with Gasteiger partial charge in [0.25, 0.3) is 5.91 Å². The second-order valence-electron chi connectivity index (χ2n) is 5.27. The maximum Gasteiger partial charge on any atom is 0.325 e. The minimum absolute atomic E-state index is 0.0439. The molecular formula is C14H20N4O3S. The monoisotopic (exact) mass is 324 g/mol. The third-order valence-corrected chi connectivity index (χ3v) is 4.95. The van der Waals surface area contributed by atoms with E-state index in [1.807, 2.05) is 24.0 Å². The summed E-state index contributed by atoms with van der Waals surface area (Å²) in [6.07, 6.45) is 3.26. The highest BCUT2D eigenvalue weighted by Gasteiger charge is 2.48. The number of rotatable bonds is 4. The van der Waals surface area contributed by atoms with Crippen LogP contribution in [0.4, 0.5) is 4.79 Å². The number of Topliss-reactive ketones (excluding diaryl/α,β-unsaturated/α-hetero) is 1. The van der Waals surface area contributed by atoms with Gasteiger partial charge in [0.2, 0.25) is 0 Å². The van der Waals surface area contributed by atoms with Crippen LogP contribution in [0.1, 0.15) is 20.8 Å². The lowest BCUT2D eigenvalue weighted by Crippen LogP contribution is -2.63. The Morgan fingerprint density at radius 1 is 1.50 bits per heavy atom. The summed E-state index contributed by atoms with van der Waals surface area (Å²) < 4.78 is 0. The highest BCUT2D eigenvalue weighted by atomic mass is 32.2. The minimum Gasteiger partial charge on any atom is -0.332 e. The molecule has 8 heteroatoms. The largest absolute Gasteiger partial charge is 0.332 e. The Bertz CT molecular complexity index is 560. The van der Waals surface area contributed by atoms with Crippen molar-refractivity contribution in [2.24, 2.45) is 4.99 Å². The van der Waals surface area contributed by atoms with Crippen LogP contribution in [0, 0.1) is 0 Å². The van der Waals surface area contributed by atoms with Crippen molar-refractivity contribution in [1.29, 1.82) is 0 Å². The smallest absolute Gasteiger partial charge is 0.325 e. The first-order valence-electron chi connectivity index (χ1n) is 7.07. The maximum atomic E-state index is 12.2. The molecular weight excluding hydrogens is 304 g/mol. The van der Waals surface area contributed by atoms with Crippen molar-refractivity contribution in [2.45, 2.75) is 38.2 Å². The van der Waals surface area contributed by atoms with Gasteiger partial charge < -0.3 is 9.80 Å². The molecule has 7 nitrogen and oxygen atoms in total. The zero-order chi connectivity index (χ0) is 16.4. The second kappa shape index (κ2) is 6.51. The van der Waals surface area contributed by atoms with Crippen molar-refractivity contribution < 1.29 is 14.4 Å². The van der Waals surface area contributed by atoms with Crippen LogP contribution in [0.5, 0.6) is 0 Å². The number of carbonyl (C=O) groups excluding carboxylic acids is 3. The number of thioether (sulfide) groups is 1. The summed E-state index contributed by atoms with van der Waals surface area (Å²) in [5.41, 5.74) is 0. The van der Waals surface area contributed by atoms with Gasteiger partial charge in [-0.2, -0.15) is 0 Å². The van der Waals surface area contributed by atoms with Crippen LogP contribution in [0.3, 0.4) is 0 Å². The summed E-state index contributed by atoms with van der Waals surface area (Å²) in [7, 11) is 1.61. The van der Waals surface area contributed by atoms with E-state index in [0.717, 1.165) is 0 Å². The Kier molecular flexibility index (Phi) is 4.90. The van der Waals surface area contributed by atoms with Crippen LogP contribution in [-0.4, -0.2) is 63.7 Å². The zero-order valence-electron chi connectivity index (χ0n) is 13.1. The molecule has 0 bridgehead atoms. The van der Waals surface area contributed by atoms with Gasteiger partial charge in [0.15, 0.2) is 17.4 Å². The number of likely N-dealkylation sites (N-methyl/N-ethyl adjacent to an activating group) is 1. The van der Waals surface area contributed by atoms with E-state index in [4.69, 9.17) is 0 Å². The van der Waals surface area contributed by atoms with Crippen LogP contribution < -0.4 is 5.32 Å². The van der Waals surface area contributed by atoms with Crippen LogP contribution in [0.2, 0.25) is 0 Å². The molecule has 0 spiro atoms. The number of amidine groups is 1. The lowest BCUT2D eigenvalue weighted by atomic mass is 10.1. The molecule has 2 aliphatic rings. The topological polar surface area (TPSA) is 82.1 Å². The predicted molar refractivity (Wildman–Crippen MR) is 85.6 cm³/mol. The number of fused-ring (bicyclic) bond motifs is 1. The molecule has 0 aromatic heterocycles. The predicted octanol–water partition coefficient (Wildman–Crippen LogP) is 0.821. The van der Waals surface area contributed by atoms with Gasteiger partial charge in [-0.1, -0.05) is 23.9 Å². The molecule has 3 unspecified atom stereocenters. The average Bonchev–Trinajstić information content (AvgIpc) is 2.81. The van der Waals surface area contributed by atoms with E-state index in [1.54, 1.807) is 14.0 Å². The van der Waals surface area contributed by atoms with Crippen molar-refractivity contribution in [3.63, 3.8) is 0 Å². The standard InChI is InChI=1S/C14H20N4O3S/c1-5-6-7-18-10-11(17(4)13(21)16-12(10)20)15-14(18)22-9(3)8(2)19/h5-6,9-11H,7H2,1-4H3,(H,16,20,21)/b6-5+. The van der Waals surface area contributed by atoms with E-state index in [1.165, 1.54) is 23.6 Å². The average molecular weight is 324 g/mol. The molecule has 1 saturated heterocycles. The molecule has 2 aliphatic heterocycles. The molecule has 22 heavy (non-hydrogen) atoms. The fourth-order valence-electron chi connectivity index (χ4n) is 2.25. The molecule has 2 rings (SSSR count). The molecule has 0 aromatic rings. The highest BCUT2D eigenvalue weighted by Crippen LogP contribution is 2.30. The van der Waals surface area contributed by atoms with Gasteiger partial charge in [-0.15, -0.1) is 0 Å². The van der Waals surface area contributed by atoms with Gasteiger partial charge in [-0.05, 0) is 20.8 Å². The van der Waals surface area contributed by atoms with E-state index in [0.29, 0.717) is 11.7 Å². The Labute approximate surface area is 133 Å². The summed E-state index contributed by atoms with van der Waals surface area (Å²) in [6.45, 7) is 5.73. The maximum absolute atomic E-state index is 12.2. The summed E-state index contributed by atoms with van der Waals surface area (Å²) in [5, 5.41) is 2.70. The minimum atomic E-state index is -0.555. The summed E-state index contributed by atoms with van der Waals surface area (Å²) in [6, 6.07) is -1.01. The molecule has 3 amide bonds. The van der Waals surface area contributed by atoms with E-state index < -0.39 is 18.2 Å². The molecule has 1 fully saturated rings. The zero-order valence-corrected chi connectivity index (χ0v) is 13.9. The molecule has 0 radical (unpaired) electrons. The number of amides is 3. The fourth-order valence-corrected chi connectivity index (χ4v) is 3.23. The van der Waals surface area contributed by atoms with E-state index in [2.05, 4.69) is 10.3 Å². The number of hydrogen-bond acceptors (Lipinski definition) is 6. The van der Waals surface area contributed by atoms with Gasteiger partial charge in [0.1, 0.15) is 5.78 Å². The number of aliphatic imine (C=N–C) groups is 1. The van der Waals surface area contributed by atoms with Gasteiger partial charge >= 0.3 is 6.03 Å². The van der Waals surface area contributed by atoms with Gasteiger partial charge in [0.05, 0.1) is 5.25 Å². The number of imide groups is 1. The first kappa shape index (κ1) is 16.5. The highest BCUT2D eigenvalue weighted by molar-refractivity contribution is 8.14. The number of urea groups is 1. The van der Waals surface area contributed by atoms with Crippen LogP contribution in [0.25, 0.3) is 0 Å². The molecule has 0 aliphatic carbocycles. The van der Waals surface area contributed by atoms with Crippen LogP contribution in [0.15, 0.2) is 17.1 Å². The van der Waals surface area contributed by atoms with Crippen LogP contribution in [-0.2, 0) is 9.59 Å². The third kappa shape index (κ3) is 3.01. The third-order valence-electron chi connectivity index (χ3n) is 3.71. The second-order valence-corrected chi connectivity index (χ2v) is 6.58. The van der Waals surface area contributed by atoms with Gasteiger partial charge in [0, 0.05) is 13.6 Å². The van der Waals surface area contributed by atoms with Crippen molar-refractivity contribution in [3.05, 3.63) is 12.2 Å². The number of ketones is 1. The summed E-state index contributed by atoms with van der Waals surface area (Å²) in [4.78, 5) is 43.2. The Morgan fingerprint density at radius 2 is 2.18 bits per heavy atom. The number of hydrogen-bond donors (Lipinski definition) is 1. The molecule has 0 aromatic carbocycles. The van der Waals surface area contributed by atoms with Crippen LogP contribution >= 0.6 is 11.8 Å². The van der Waals surface area contributed by atoms with Crippen molar-refractivity contribution in [1.82, 2.24) is 15.1 Å². The lowest BCUT2D eigenvalue weighted by Gasteiger charge is -2.35. The number of nitrogens with one attached hydrogen (secondary N) is 1. The normalized spacial score (nSPS) is 26.1. The summed E-state index contributed by atoms with van der Waals surface area (Å²) in [5.74, 6) is -0.310. The van der Waals surface area contributed by atoms with Gasteiger partial charge in [-0.25, -0.2) is 9.79 Å². The lowest BCUT2D eigenvalue weighted by molar-refractivity contribution is -0.126. The Morgan fingerprint density at radius 3 is 2.77 bits per heavy atom. The number of carbonyl (C=O) groups is 3. The van der Waals surface area contributed by atoms with Crippen molar-refractivity contribution in [2.75, 3.05) is 13.6 Å². The first-order valence-corrected chi connectivity index (χ1v) is 7.95. The Balaban J connectivity index is 2.30. The quantitative estimate of drug-likeness (QED) is 0.774. The molecule has 0 saturated carbocycles. The molecule has 3 atom stereocenters. The summed E-state index contributed by atoms with van der Waals surface area (Å²) >= 11 is 1.32. The van der Waals surface area contributed by atoms with Gasteiger partial charge in [-0.3, -0.25) is 14.9 Å². The molecule has 2 heterocycles. The van der Waals surface area contributed by atoms with E-state index >= 15 is 0 Å². The SMILES string of the molecule is C/C=C/CN1C(SC(C)C(C)=O)=NC2C1C(=O)NC(=O)N2C. The number of allylic oxidation sites excluding steroid dienone is 1. The molecule has 1 N–H and O–H groups in total. The van der Waals surface area contributed by atoms with E-state index in [-0.39, 0.29) is 16.9 Å². The Hall–Kier alpha value is -1.83. The van der Waals surface area contributed by atoms with E-state index in [9.17, 15) is 14.4 Å². The molecule has 120 valence electrons. The van der Waals surface area contributed by atoms with Crippen molar-refractivity contribution >= 4 is 34.7 Å². The first-order chi connectivity index (χ1) is 10.4. The number of nitrogens with zero attached hydrogens (tertiary/aromatic N) is 3. The fraction of sp³-hybridized carbons (Fsp3) is 0.571. The van der Waals surface area contributed by atoms with Crippen molar-refractivity contribution in [3.8, 4) is 0 Å².